The first-order chi connectivity index (χ1) is 10.2. The minimum Gasteiger partial charge on any atom is -0.444 e. The van der Waals surface area contributed by atoms with Crippen LogP contribution in [0.5, 0.6) is 0 Å². The van der Waals surface area contributed by atoms with E-state index >= 15 is 0 Å². The van der Waals surface area contributed by atoms with Gasteiger partial charge in [-0.3, -0.25) is 0 Å². The van der Waals surface area contributed by atoms with Gasteiger partial charge in [0.15, 0.2) is 12.2 Å². The van der Waals surface area contributed by atoms with E-state index < -0.39 is 0 Å². The number of aromatic nitrogens is 1. The Morgan fingerprint density at radius 1 is 1.19 bits per heavy atom. The average molecular weight is 303 g/mol. The number of rotatable bonds is 4. The van der Waals surface area contributed by atoms with Gasteiger partial charge in [0.2, 0.25) is 0 Å². The van der Waals surface area contributed by atoms with E-state index in [2.05, 4.69) is 10.3 Å². The van der Waals surface area contributed by atoms with Gasteiger partial charge in [0.25, 0.3) is 0 Å². The highest BCUT2D eigenvalue weighted by Crippen LogP contribution is 2.23. The Morgan fingerprint density at radius 3 is 2.90 bits per heavy atom. The van der Waals surface area contributed by atoms with E-state index in [-0.39, 0.29) is 5.82 Å². The molecule has 0 amide bonds. The lowest BCUT2D eigenvalue weighted by Gasteiger charge is -2.09. The number of oxazole rings is 1. The molecule has 5 heteroatoms. The van der Waals surface area contributed by atoms with Gasteiger partial charge >= 0.3 is 0 Å². The molecule has 3 rings (SSSR count). The molecule has 21 heavy (non-hydrogen) atoms. The number of hydrogen-bond donors (Lipinski definition) is 1. The lowest BCUT2D eigenvalue weighted by Crippen LogP contribution is -2.01. The second kappa shape index (κ2) is 5.97. The van der Waals surface area contributed by atoms with E-state index in [4.69, 9.17) is 16.0 Å². The Morgan fingerprint density at radius 2 is 2.10 bits per heavy atom. The van der Waals surface area contributed by atoms with Gasteiger partial charge in [0.05, 0.1) is 6.20 Å². The molecule has 1 N–H and O–H groups in total. The highest BCUT2D eigenvalue weighted by molar-refractivity contribution is 6.30. The summed E-state index contributed by atoms with van der Waals surface area (Å²) in [5.41, 5.74) is 2.29. The Hall–Kier alpha value is -2.33. The fraction of sp³-hybridized carbons (Fsp3) is 0.0625. The minimum atomic E-state index is -0.279. The molecule has 0 aliphatic carbocycles. The van der Waals surface area contributed by atoms with Gasteiger partial charge < -0.3 is 9.73 Å². The van der Waals surface area contributed by atoms with Crippen LogP contribution in [0, 0.1) is 5.82 Å². The maximum absolute atomic E-state index is 13.7. The van der Waals surface area contributed by atoms with Gasteiger partial charge in [-0.1, -0.05) is 23.7 Å². The van der Waals surface area contributed by atoms with Crippen LogP contribution in [-0.4, -0.2) is 4.98 Å². The first kappa shape index (κ1) is 13.6. The van der Waals surface area contributed by atoms with E-state index in [0.717, 1.165) is 11.3 Å². The monoisotopic (exact) mass is 302 g/mol. The third kappa shape index (κ3) is 3.23. The van der Waals surface area contributed by atoms with Crippen LogP contribution in [-0.2, 0) is 6.54 Å². The molecule has 0 fully saturated rings. The van der Waals surface area contributed by atoms with Gasteiger partial charge in [-0.2, -0.15) is 0 Å². The molecule has 0 atom stereocenters. The summed E-state index contributed by atoms with van der Waals surface area (Å²) in [5, 5.41) is 3.69. The molecular formula is C16H12ClFN2O. The maximum Gasteiger partial charge on any atom is 0.181 e. The van der Waals surface area contributed by atoms with Crippen LogP contribution in [0.4, 0.5) is 10.1 Å². The predicted octanol–water partition coefficient (Wildman–Crippen LogP) is 4.75. The average Bonchev–Trinajstić information content (AvgIpc) is 3.03. The number of anilines is 1. The van der Waals surface area contributed by atoms with Crippen molar-refractivity contribution in [2.45, 2.75) is 6.54 Å². The smallest absolute Gasteiger partial charge is 0.181 e. The lowest BCUT2D eigenvalue weighted by atomic mass is 10.1. The van der Waals surface area contributed by atoms with Gasteiger partial charge in [0, 0.05) is 28.4 Å². The van der Waals surface area contributed by atoms with Crippen LogP contribution < -0.4 is 5.32 Å². The van der Waals surface area contributed by atoms with Crippen LogP contribution in [0.15, 0.2) is 59.5 Å². The summed E-state index contributed by atoms with van der Waals surface area (Å²) in [4.78, 5) is 3.89. The van der Waals surface area contributed by atoms with Crippen molar-refractivity contribution in [3.63, 3.8) is 0 Å². The van der Waals surface area contributed by atoms with Crippen molar-refractivity contribution < 1.29 is 8.81 Å². The van der Waals surface area contributed by atoms with E-state index in [1.54, 1.807) is 12.3 Å². The number of benzene rings is 2. The molecule has 1 aromatic heterocycles. The zero-order valence-electron chi connectivity index (χ0n) is 11.0. The first-order valence-corrected chi connectivity index (χ1v) is 6.77. The predicted molar refractivity (Wildman–Crippen MR) is 80.7 cm³/mol. The fourth-order valence-electron chi connectivity index (χ4n) is 2.02. The number of nitrogens with zero attached hydrogens (tertiary/aromatic N) is 1. The molecule has 0 radical (unpaired) electrons. The Bertz CT molecular complexity index is 744. The van der Waals surface area contributed by atoms with E-state index in [1.807, 2.05) is 24.3 Å². The Balaban J connectivity index is 1.76. The summed E-state index contributed by atoms with van der Waals surface area (Å²) in [7, 11) is 0. The van der Waals surface area contributed by atoms with Gasteiger partial charge in [-0.15, -0.1) is 0 Å². The third-order valence-corrected chi connectivity index (χ3v) is 3.31. The molecular weight excluding hydrogens is 291 g/mol. The Kier molecular flexibility index (Phi) is 3.88. The standard InChI is InChI=1S/C16H12ClFN2O/c17-13-4-5-15(18)12(6-13)8-20-14-3-1-2-11(7-14)16-9-19-10-21-16/h1-7,9-10,20H,8H2. The van der Waals surface area contributed by atoms with Crippen LogP contribution in [0.2, 0.25) is 5.02 Å². The van der Waals surface area contributed by atoms with Crippen LogP contribution in [0.1, 0.15) is 5.56 Å². The molecule has 106 valence electrons. The molecule has 0 saturated heterocycles. The normalized spacial score (nSPS) is 10.6. The second-order valence-electron chi connectivity index (χ2n) is 4.54. The van der Waals surface area contributed by atoms with Crippen LogP contribution in [0.25, 0.3) is 11.3 Å². The van der Waals surface area contributed by atoms with Crippen LogP contribution in [0.3, 0.4) is 0 Å². The van der Waals surface area contributed by atoms with Crippen LogP contribution >= 0.6 is 11.6 Å². The molecule has 0 aliphatic rings. The van der Waals surface area contributed by atoms with Crippen molar-refractivity contribution in [3.8, 4) is 11.3 Å². The van der Waals surface area contributed by atoms with Crippen molar-refractivity contribution in [2.75, 3.05) is 5.32 Å². The summed E-state index contributed by atoms with van der Waals surface area (Å²) in [6, 6.07) is 12.2. The van der Waals surface area contributed by atoms with Crippen molar-refractivity contribution in [1.82, 2.24) is 4.98 Å². The zero-order valence-corrected chi connectivity index (χ0v) is 11.8. The summed E-state index contributed by atoms with van der Waals surface area (Å²) in [5.74, 6) is 0.408. The van der Waals surface area contributed by atoms with Crippen molar-refractivity contribution in [2.24, 2.45) is 0 Å². The Labute approximate surface area is 126 Å². The summed E-state index contributed by atoms with van der Waals surface area (Å²) < 4.78 is 18.9. The summed E-state index contributed by atoms with van der Waals surface area (Å²) in [6.45, 7) is 0.353. The third-order valence-electron chi connectivity index (χ3n) is 3.07. The molecule has 0 spiro atoms. The molecule has 0 saturated carbocycles. The van der Waals surface area contributed by atoms with Crippen molar-refractivity contribution >= 4 is 17.3 Å². The number of hydrogen-bond acceptors (Lipinski definition) is 3. The molecule has 0 aliphatic heterocycles. The quantitative estimate of drug-likeness (QED) is 0.756. The molecule has 2 aromatic carbocycles. The largest absolute Gasteiger partial charge is 0.444 e. The molecule has 3 nitrogen and oxygen atoms in total. The molecule has 0 bridgehead atoms. The fourth-order valence-corrected chi connectivity index (χ4v) is 2.21. The first-order valence-electron chi connectivity index (χ1n) is 6.39. The lowest BCUT2D eigenvalue weighted by molar-refractivity contribution is 0.572. The maximum atomic E-state index is 13.7. The summed E-state index contributed by atoms with van der Waals surface area (Å²) in [6.07, 6.45) is 3.03. The zero-order chi connectivity index (χ0) is 14.7. The van der Waals surface area contributed by atoms with E-state index in [9.17, 15) is 4.39 Å². The molecule has 0 unspecified atom stereocenters. The second-order valence-corrected chi connectivity index (χ2v) is 4.97. The molecule has 1 heterocycles. The number of halogens is 2. The number of nitrogens with one attached hydrogen (secondary N) is 1. The highest BCUT2D eigenvalue weighted by Gasteiger charge is 2.05. The van der Waals surface area contributed by atoms with Gasteiger partial charge in [-0.25, -0.2) is 9.37 Å². The summed E-state index contributed by atoms with van der Waals surface area (Å²) >= 11 is 5.88. The van der Waals surface area contributed by atoms with Gasteiger partial charge in [0.1, 0.15) is 5.82 Å². The van der Waals surface area contributed by atoms with E-state index in [1.165, 1.54) is 18.5 Å². The SMILES string of the molecule is Fc1ccc(Cl)cc1CNc1cccc(-c2cnco2)c1. The van der Waals surface area contributed by atoms with Crippen molar-refractivity contribution in [1.29, 1.82) is 0 Å². The topological polar surface area (TPSA) is 38.1 Å². The highest BCUT2D eigenvalue weighted by atomic mass is 35.5. The van der Waals surface area contributed by atoms with E-state index in [0.29, 0.717) is 22.9 Å². The van der Waals surface area contributed by atoms with Gasteiger partial charge in [-0.05, 0) is 30.3 Å². The van der Waals surface area contributed by atoms with Crippen molar-refractivity contribution in [3.05, 3.63) is 71.5 Å². The minimum absolute atomic E-state index is 0.279. The molecule has 3 aromatic rings.